The van der Waals surface area contributed by atoms with Gasteiger partial charge in [-0.05, 0) is 32.0 Å². The highest BCUT2D eigenvalue weighted by Gasteiger charge is 2.17. The molecule has 3 rings (SSSR count). The van der Waals surface area contributed by atoms with Gasteiger partial charge in [-0.15, -0.1) is 0 Å². The lowest BCUT2D eigenvalue weighted by Gasteiger charge is -2.20. The van der Waals surface area contributed by atoms with Gasteiger partial charge in [0.25, 0.3) is 0 Å². The van der Waals surface area contributed by atoms with Crippen molar-refractivity contribution in [3.63, 3.8) is 0 Å². The first-order valence-electron chi connectivity index (χ1n) is 9.62. The van der Waals surface area contributed by atoms with Gasteiger partial charge in [0.05, 0.1) is 13.4 Å². The van der Waals surface area contributed by atoms with Crippen molar-refractivity contribution in [1.29, 1.82) is 0 Å². The molecule has 7 nitrogen and oxygen atoms in total. The van der Waals surface area contributed by atoms with Gasteiger partial charge < -0.3 is 29.8 Å². The number of hydrogen-bond acceptors (Lipinski definition) is 6. The fourth-order valence-electron chi connectivity index (χ4n) is 3.31. The summed E-state index contributed by atoms with van der Waals surface area (Å²) in [4.78, 5) is 9.41. The second-order valence-electron chi connectivity index (χ2n) is 6.95. The molecule has 1 fully saturated rings. The third-order valence-corrected chi connectivity index (χ3v) is 4.81. The number of methoxy groups -OCH3 is 1. The maximum absolute atomic E-state index is 10.3. The van der Waals surface area contributed by atoms with Gasteiger partial charge in [0, 0.05) is 49.6 Å². The van der Waals surface area contributed by atoms with E-state index in [0.29, 0.717) is 13.1 Å². The Morgan fingerprint density at radius 3 is 2.93 bits per heavy atom. The number of aromatic nitrogens is 2. The third-order valence-electron chi connectivity index (χ3n) is 4.81. The average molecular weight is 374 g/mol. The zero-order chi connectivity index (χ0) is 18.9. The van der Waals surface area contributed by atoms with Crippen LogP contribution in [0.1, 0.15) is 24.1 Å². The summed E-state index contributed by atoms with van der Waals surface area (Å²) in [5.41, 5.74) is 2.16. The number of aromatic amines is 1. The van der Waals surface area contributed by atoms with Crippen molar-refractivity contribution in [3.8, 4) is 11.5 Å². The van der Waals surface area contributed by atoms with E-state index in [4.69, 9.17) is 9.47 Å². The minimum atomic E-state index is -0.490. The van der Waals surface area contributed by atoms with E-state index in [9.17, 15) is 5.11 Å². The first kappa shape index (κ1) is 19.7. The standard InChI is InChI=1S/C20H30N4O3/c1-26-19-5-4-16(11-21-7-6-17-12-22-15-23-17)20(10-19)27-14-18(25)13-24-8-2-3-9-24/h4-5,10,12,15,18,21,25H,2-3,6-9,11,13-14H2,1H3,(H,22,23). The Kier molecular flexibility index (Phi) is 7.50. The number of nitrogens with zero attached hydrogens (tertiary/aromatic N) is 2. The van der Waals surface area contributed by atoms with Crippen LogP contribution in [0.4, 0.5) is 0 Å². The monoisotopic (exact) mass is 374 g/mol. The molecule has 1 aliphatic heterocycles. The Bertz CT molecular complexity index is 672. The lowest BCUT2D eigenvalue weighted by molar-refractivity contribution is 0.0753. The highest BCUT2D eigenvalue weighted by molar-refractivity contribution is 5.40. The van der Waals surface area contributed by atoms with E-state index in [2.05, 4.69) is 20.2 Å². The van der Waals surface area contributed by atoms with Gasteiger partial charge in [-0.1, -0.05) is 6.07 Å². The second kappa shape index (κ2) is 10.3. The molecule has 0 bridgehead atoms. The molecule has 1 aromatic carbocycles. The number of benzene rings is 1. The zero-order valence-corrected chi connectivity index (χ0v) is 16.0. The molecule has 7 heteroatoms. The van der Waals surface area contributed by atoms with Crippen molar-refractivity contribution < 1.29 is 14.6 Å². The third kappa shape index (κ3) is 6.23. The Balaban J connectivity index is 1.50. The molecule has 0 radical (unpaired) electrons. The van der Waals surface area contributed by atoms with Crippen molar-refractivity contribution in [2.75, 3.05) is 39.9 Å². The summed E-state index contributed by atoms with van der Waals surface area (Å²) >= 11 is 0. The summed E-state index contributed by atoms with van der Waals surface area (Å²) in [6, 6.07) is 5.82. The molecule has 1 atom stereocenters. The lowest BCUT2D eigenvalue weighted by atomic mass is 10.2. The van der Waals surface area contributed by atoms with E-state index in [1.165, 1.54) is 12.8 Å². The Morgan fingerprint density at radius 2 is 2.19 bits per heavy atom. The number of β-amino-alcohol motifs (C(OH)–C–C–N with tert-alkyl or cyclic N) is 1. The van der Waals surface area contributed by atoms with Crippen molar-refractivity contribution >= 4 is 0 Å². The van der Waals surface area contributed by atoms with Crippen LogP contribution in [0.3, 0.4) is 0 Å². The number of aliphatic hydroxyl groups is 1. The number of imidazole rings is 1. The number of aliphatic hydroxyl groups excluding tert-OH is 1. The molecule has 148 valence electrons. The fourth-order valence-corrected chi connectivity index (χ4v) is 3.31. The number of rotatable bonds is 11. The van der Waals surface area contributed by atoms with Crippen molar-refractivity contribution in [1.82, 2.24) is 20.2 Å². The highest BCUT2D eigenvalue weighted by Crippen LogP contribution is 2.25. The van der Waals surface area contributed by atoms with E-state index < -0.39 is 6.10 Å². The molecule has 0 aliphatic carbocycles. The quantitative estimate of drug-likeness (QED) is 0.518. The van der Waals surface area contributed by atoms with E-state index in [1.807, 2.05) is 24.4 Å². The maximum atomic E-state index is 10.3. The number of H-pyrrole nitrogens is 1. The SMILES string of the molecule is COc1ccc(CNCCc2cnc[nH]2)c(OCC(O)CN2CCCC2)c1. The van der Waals surface area contributed by atoms with Gasteiger partial charge in [-0.2, -0.15) is 0 Å². The summed E-state index contributed by atoms with van der Waals surface area (Å²) in [5, 5.41) is 13.7. The predicted octanol–water partition coefficient (Wildman–Crippen LogP) is 1.59. The first-order valence-corrected chi connectivity index (χ1v) is 9.62. The van der Waals surface area contributed by atoms with Crippen LogP contribution in [0.15, 0.2) is 30.7 Å². The summed E-state index contributed by atoms with van der Waals surface area (Å²) in [6.07, 6.45) is 6.37. The second-order valence-corrected chi connectivity index (χ2v) is 6.95. The van der Waals surface area contributed by atoms with Crippen molar-refractivity contribution in [3.05, 3.63) is 42.0 Å². The normalized spacial score (nSPS) is 15.8. The lowest BCUT2D eigenvalue weighted by Crippen LogP contribution is -2.33. The molecule has 1 saturated heterocycles. The molecular weight excluding hydrogens is 344 g/mol. The zero-order valence-electron chi connectivity index (χ0n) is 16.0. The molecule has 0 saturated carbocycles. The molecule has 1 aliphatic rings. The summed E-state index contributed by atoms with van der Waals surface area (Å²) in [6.45, 7) is 4.62. The van der Waals surface area contributed by atoms with Gasteiger partial charge in [-0.3, -0.25) is 0 Å². The summed E-state index contributed by atoms with van der Waals surface area (Å²) < 4.78 is 11.3. The molecule has 0 amide bonds. The molecular formula is C20H30N4O3. The Morgan fingerprint density at radius 1 is 1.33 bits per heavy atom. The van der Waals surface area contributed by atoms with E-state index in [-0.39, 0.29) is 6.61 Å². The first-order chi connectivity index (χ1) is 13.2. The topological polar surface area (TPSA) is 82.6 Å². The van der Waals surface area contributed by atoms with Crippen LogP contribution in [-0.4, -0.2) is 66.0 Å². The smallest absolute Gasteiger partial charge is 0.127 e. The van der Waals surface area contributed by atoms with Crippen LogP contribution in [0.5, 0.6) is 11.5 Å². The van der Waals surface area contributed by atoms with Gasteiger partial charge in [-0.25, -0.2) is 4.98 Å². The van der Waals surface area contributed by atoms with Crippen LogP contribution in [0.2, 0.25) is 0 Å². The van der Waals surface area contributed by atoms with Gasteiger partial charge in [0.15, 0.2) is 0 Å². The maximum Gasteiger partial charge on any atom is 0.127 e. The van der Waals surface area contributed by atoms with Crippen LogP contribution in [0.25, 0.3) is 0 Å². The number of ether oxygens (including phenoxy) is 2. The van der Waals surface area contributed by atoms with E-state index >= 15 is 0 Å². The van der Waals surface area contributed by atoms with Crippen LogP contribution < -0.4 is 14.8 Å². The largest absolute Gasteiger partial charge is 0.497 e. The van der Waals surface area contributed by atoms with Crippen LogP contribution in [0, 0.1) is 0 Å². The molecule has 27 heavy (non-hydrogen) atoms. The Labute approximate surface area is 160 Å². The average Bonchev–Trinajstić information content (AvgIpc) is 3.38. The Hall–Kier alpha value is -2.09. The highest BCUT2D eigenvalue weighted by atomic mass is 16.5. The molecule has 0 spiro atoms. The predicted molar refractivity (Wildman–Crippen MR) is 104 cm³/mol. The van der Waals surface area contributed by atoms with Gasteiger partial charge in [0.1, 0.15) is 24.2 Å². The van der Waals surface area contributed by atoms with Crippen LogP contribution in [-0.2, 0) is 13.0 Å². The van der Waals surface area contributed by atoms with E-state index in [1.54, 1.807) is 13.4 Å². The fraction of sp³-hybridized carbons (Fsp3) is 0.550. The molecule has 3 N–H and O–H groups in total. The number of nitrogens with one attached hydrogen (secondary N) is 2. The van der Waals surface area contributed by atoms with Gasteiger partial charge in [0.2, 0.25) is 0 Å². The molecule has 2 aromatic rings. The van der Waals surface area contributed by atoms with Crippen LogP contribution >= 0.6 is 0 Å². The number of hydrogen-bond donors (Lipinski definition) is 3. The number of likely N-dealkylation sites (tertiary alicyclic amines) is 1. The molecule has 2 heterocycles. The summed E-state index contributed by atoms with van der Waals surface area (Å²) in [7, 11) is 1.64. The van der Waals surface area contributed by atoms with Crippen molar-refractivity contribution in [2.24, 2.45) is 0 Å². The summed E-state index contributed by atoms with van der Waals surface area (Å²) in [5.74, 6) is 1.50. The van der Waals surface area contributed by atoms with E-state index in [0.717, 1.165) is 48.8 Å². The van der Waals surface area contributed by atoms with Gasteiger partial charge >= 0.3 is 0 Å². The minimum Gasteiger partial charge on any atom is -0.497 e. The van der Waals surface area contributed by atoms with Crippen molar-refractivity contribution in [2.45, 2.75) is 31.9 Å². The molecule has 1 unspecified atom stereocenters. The molecule has 1 aromatic heterocycles. The minimum absolute atomic E-state index is 0.283.